The zero-order valence-corrected chi connectivity index (χ0v) is 12.5. The molecule has 1 aromatic heterocycles. The molecular formula is C16H18N2OS. The molecule has 4 rings (SSSR count). The summed E-state index contributed by atoms with van der Waals surface area (Å²) in [4.78, 5) is 4.50. The van der Waals surface area contributed by atoms with Crippen LogP contribution in [0.3, 0.4) is 0 Å². The van der Waals surface area contributed by atoms with Crippen LogP contribution in [0.1, 0.15) is 42.5 Å². The summed E-state index contributed by atoms with van der Waals surface area (Å²) in [6.07, 6.45) is 1.03. The molecule has 1 aliphatic carbocycles. The summed E-state index contributed by atoms with van der Waals surface area (Å²) >= 11 is 1.54. The standard InChI is InChI=1S/C16H18N2OS/c1-16(2)13(14(16)11-8-20-15(17)18-11)10-4-3-5-12-9(10)6-7-19-12/h3-5,8,13-14H,6-7H2,1-2H3,(H2,17,18)/t13-,14-/m1/s1. The normalized spacial score (nSPS) is 26.1. The molecule has 1 aromatic carbocycles. The molecule has 2 aliphatic rings. The highest BCUT2D eigenvalue weighted by Crippen LogP contribution is 2.70. The van der Waals surface area contributed by atoms with Crippen molar-refractivity contribution >= 4 is 16.5 Å². The summed E-state index contributed by atoms with van der Waals surface area (Å²) < 4.78 is 5.70. The third-order valence-corrected chi connectivity index (χ3v) is 5.49. The molecule has 0 unspecified atom stereocenters. The van der Waals surface area contributed by atoms with Crippen LogP contribution < -0.4 is 10.5 Å². The highest BCUT2D eigenvalue weighted by Gasteiger charge is 2.60. The van der Waals surface area contributed by atoms with Crippen LogP contribution in [-0.2, 0) is 6.42 Å². The lowest BCUT2D eigenvalue weighted by Gasteiger charge is -2.08. The quantitative estimate of drug-likeness (QED) is 0.918. The van der Waals surface area contributed by atoms with Gasteiger partial charge in [-0.1, -0.05) is 26.0 Å². The van der Waals surface area contributed by atoms with Gasteiger partial charge in [0.1, 0.15) is 5.75 Å². The molecule has 2 aromatic rings. The molecule has 2 atom stereocenters. The van der Waals surface area contributed by atoms with E-state index >= 15 is 0 Å². The molecule has 0 radical (unpaired) electrons. The van der Waals surface area contributed by atoms with Gasteiger partial charge in [0.15, 0.2) is 5.13 Å². The molecule has 0 bridgehead atoms. The van der Waals surface area contributed by atoms with Gasteiger partial charge >= 0.3 is 0 Å². The molecule has 1 saturated carbocycles. The second-order valence-electron chi connectivity index (χ2n) is 6.31. The third-order valence-electron chi connectivity index (χ3n) is 4.80. The van der Waals surface area contributed by atoms with Crippen LogP contribution in [0.4, 0.5) is 5.13 Å². The van der Waals surface area contributed by atoms with E-state index in [1.54, 1.807) is 0 Å². The first kappa shape index (κ1) is 12.2. The second kappa shape index (κ2) is 3.98. The summed E-state index contributed by atoms with van der Waals surface area (Å²) in [6.45, 7) is 5.47. The summed E-state index contributed by atoms with van der Waals surface area (Å²) in [5, 5.41) is 2.78. The van der Waals surface area contributed by atoms with E-state index in [1.807, 2.05) is 0 Å². The first-order valence-corrected chi connectivity index (χ1v) is 7.92. The number of hydrogen-bond donors (Lipinski definition) is 1. The maximum absolute atomic E-state index is 5.79. The number of thiazole rings is 1. The van der Waals surface area contributed by atoms with Gasteiger partial charge in [-0.15, -0.1) is 11.3 Å². The minimum Gasteiger partial charge on any atom is -0.493 e. The third kappa shape index (κ3) is 1.61. The van der Waals surface area contributed by atoms with E-state index in [4.69, 9.17) is 10.5 Å². The number of aromatic nitrogens is 1. The zero-order chi connectivity index (χ0) is 13.9. The Morgan fingerprint density at radius 2 is 2.20 bits per heavy atom. The number of nitrogens with zero attached hydrogens (tertiary/aromatic N) is 1. The highest BCUT2D eigenvalue weighted by atomic mass is 32.1. The van der Waals surface area contributed by atoms with Crippen LogP contribution >= 0.6 is 11.3 Å². The number of anilines is 1. The van der Waals surface area contributed by atoms with Crippen molar-refractivity contribution in [1.82, 2.24) is 4.98 Å². The van der Waals surface area contributed by atoms with E-state index in [-0.39, 0.29) is 5.41 Å². The van der Waals surface area contributed by atoms with E-state index in [0.29, 0.717) is 17.0 Å². The van der Waals surface area contributed by atoms with Crippen LogP contribution in [0.25, 0.3) is 0 Å². The summed E-state index contributed by atoms with van der Waals surface area (Å²) in [5.74, 6) is 2.07. The average Bonchev–Trinajstić information content (AvgIpc) is 2.83. The fourth-order valence-electron chi connectivity index (χ4n) is 3.75. The van der Waals surface area contributed by atoms with Crippen molar-refractivity contribution in [1.29, 1.82) is 0 Å². The maximum atomic E-state index is 5.79. The monoisotopic (exact) mass is 286 g/mol. The van der Waals surface area contributed by atoms with Gasteiger partial charge in [0.05, 0.1) is 12.3 Å². The molecule has 1 aliphatic heterocycles. The van der Waals surface area contributed by atoms with Crippen molar-refractivity contribution in [3.63, 3.8) is 0 Å². The Balaban J connectivity index is 1.75. The van der Waals surface area contributed by atoms with Gasteiger partial charge in [0.25, 0.3) is 0 Å². The molecule has 0 amide bonds. The van der Waals surface area contributed by atoms with Crippen molar-refractivity contribution < 1.29 is 4.74 Å². The van der Waals surface area contributed by atoms with Gasteiger partial charge in [-0.05, 0) is 23.0 Å². The lowest BCUT2D eigenvalue weighted by molar-refractivity contribution is 0.357. The molecular weight excluding hydrogens is 268 g/mol. The molecule has 0 saturated heterocycles. The first-order chi connectivity index (χ1) is 9.59. The Morgan fingerprint density at radius 1 is 1.35 bits per heavy atom. The molecule has 0 spiro atoms. The minimum absolute atomic E-state index is 0.248. The maximum Gasteiger partial charge on any atom is 0.180 e. The fraction of sp³-hybridized carbons (Fsp3) is 0.438. The highest BCUT2D eigenvalue weighted by molar-refractivity contribution is 7.13. The van der Waals surface area contributed by atoms with Gasteiger partial charge in [0, 0.05) is 23.3 Å². The topological polar surface area (TPSA) is 48.1 Å². The number of hydrogen-bond acceptors (Lipinski definition) is 4. The van der Waals surface area contributed by atoms with E-state index < -0.39 is 0 Å². The van der Waals surface area contributed by atoms with Gasteiger partial charge in [0.2, 0.25) is 0 Å². The Bertz CT molecular complexity index is 677. The van der Waals surface area contributed by atoms with Crippen LogP contribution in [0.2, 0.25) is 0 Å². The first-order valence-electron chi connectivity index (χ1n) is 7.04. The Labute approximate surface area is 122 Å². The van der Waals surface area contributed by atoms with E-state index in [9.17, 15) is 0 Å². The number of fused-ring (bicyclic) bond motifs is 1. The smallest absolute Gasteiger partial charge is 0.180 e. The van der Waals surface area contributed by atoms with Crippen molar-refractivity contribution in [2.45, 2.75) is 32.1 Å². The molecule has 4 heteroatoms. The van der Waals surface area contributed by atoms with Crippen molar-refractivity contribution in [2.24, 2.45) is 5.41 Å². The van der Waals surface area contributed by atoms with Crippen molar-refractivity contribution in [2.75, 3.05) is 12.3 Å². The van der Waals surface area contributed by atoms with Crippen molar-refractivity contribution in [3.8, 4) is 5.75 Å². The summed E-state index contributed by atoms with van der Waals surface area (Å²) in [7, 11) is 0. The number of rotatable bonds is 2. The van der Waals surface area contributed by atoms with Crippen LogP contribution in [0.15, 0.2) is 23.6 Å². The largest absolute Gasteiger partial charge is 0.493 e. The second-order valence-corrected chi connectivity index (χ2v) is 7.20. The lowest BCUT2D eigenvalue weighted by Crippen LogP contribution is -1.94. The van der Waals surface area contributed by atoms with Gasteiger partial charge in [-0.2, -0.15) is 0 Å². The molecule has 2 N–H and O–H groups in total. The number of nitrogens with two attached hydrogens (primary N) is 1. The van der Waals surface area contributed by atoms with Gasteiger partial charge in [-0.3, -0.25) is 0 Å². The van der Waals surface area contributed by atoms with Crippen LogP contribution in [-0.4, -0.2) is 11.6 Å². The Hall–Kier alpha value is -1.55. The predicted octanol–water partition coefficient (Wildman–Crippen LogP) is 3.57. The number of benzene rings is 1. The summed E-state index contributed by atoms with van der Waals surface area (Å²) in [5.41, 5.74) is 10.0. The van der Waals surface area contributed by atoms with Crippen molar-refractivity contribution in [3.05, 3.63) is 40.4 Å². The lowest BCUT2D eigenvalue weighted by atomic mass is 9.96. The van der Waals surface area contributed by atoms with Crippen LogP contribution in [0.5, 0.6) is 5.75 Å². The zero-order valence-electron chi connectivity index (χ0n) is 11.7. The van der Waals surface area contributed by atoms with Gasteiger partial charge in [-0.25, -0.2) is 4.98 Å². The average molecular weight is 286 g/mol. The van der Waals surface area contributed by atoms with E-state index in [1.165, 1.54) is 22.5 Å². The van der Waals surface area contributed by atoms with Crippen LogP contribution in [0, 0.1) is 5.41 Å². The van der Waals surface area contributed by atoms with E-state index in [2.05, 4.69) is 42.4 Å². The molecule has 20 heavy (non-hydrogen) atoms. The Morgan fingerprint density at radius 3 is 2.95 bits per heavy atom. The molecule has 3 nitrogen and oxygen atoms in total. The molecule has 1 fully saturated rings. The fourth-order valence-corrected chi connectivity index (χ4v) is 4.35. The molecule has 104 valence electrons. The van der Waals surface area contributed by atoms with Gasteiger partial charge < -0.3 is 10.5 Å². The van der Waals surface area contributed by atoms with E-state index in [0.717, 1.165) is 24.5 Å². The summed E-state index contributed by atoms with van der Waals surface area (Å²) in [6, 6.07) is 6.45. The predicted molar refractivity (Wildman–Crippen MR) is 81.4 cm³/mol. The number of ether oxygens (including phenoxy) is 1. The minimum atomic E-state index is 0.248. The number of nitrogen functional groups attached to an aromatic ring is 1. The molecule has 2 heterocycles. The SMILES string of the molecule is CC1(C)[C@H](c2csc(N)n2)[C@H]1c1cccc2c1CCO2. The Kier molecular flexibility index (Phi) is 2.43.